The molecule has 0 amide bonds. The average Bonchev–Trinajstić information content (AvgIpc) is 2.22. The van der Waals surface area contributed by atoms with Crippen LogP contribution in [0.1, 0.15) is 39.5 Å². The summed E-state index contributed by atoms with van der Waals surface area (Å²) >= 11 is 0. The Hall–Kier alpha value is 0.0700. The van der Waals surface area contributed by atoms with E-state index in [9.17, 15) is 4.21 Å². The summed E-state index contributed by atoms with van der Waals surface area (Å²) in [7, 11) is 0.889. The maximum Gasteiger partial charge on any atom is 0.0504 e. The van der Waals surface area contributed by atoms with Crippen molar-refractivity contribution in [3.05, 3.63) is 0 Å². The molecule has 1 saturated carbocycles. The SMILES string of the molecule is COCCCS(=O)C1CCCC(C)(C)C1N. The van der Waals surface area contributed by atoms with E-state index in [2.05, 4.69) is 13.8 Å². The molecule has 0 saturated heterocycles. The molecule has 16 heavy (non-hydrogen) atoms. The zero-order valence-corrected chi connectivity index (χ0v) is 11.5. The first-order valence-corrected chi connectivity index (χ1v) is 7.49. The van der Waals surface area contributed by atoms with E-state index < -0.39 is 10.8 Å². The highest BCUT2D eigenvalue weighted by Crippen LogP contribution is 2.36. The summed E-state index contributed by atoms with van der Waals surface area (Å²) in [6.45, 7) is 5.07. The molecule has 1 rings (SSSR count). The van der Waals surface area contributed by atoms with Gasteiger partial charge in [-0.1, -0.05) is 20.3 Å². The summed E-state index contributed by atoms with van der Waals surface area (Å²) in [5.41, 5.74) is 6.38. The third-order valence-electron chi connectivity index (χ3n) is 3.64. The number of hydrogen-bond acceptors (Lipinski definition) is 3. The normalized spacial score (nSPS) is 31.2. The largest absolute Gasteiger partial charge is 0.385 e. The molecule has 96 valence electrons. The second-order valence-electron chi connectivity index (χ2n) is 5.38. The fraction of sp³-hybridized carbons (Fsp3) is 1.00. The van der Waals surface area contributed by atoms with E-state index in [1.165, 1.54) is 0 Å². The Morgan fingerprint density at radius 3 is 2.81 bits per heavy atom. The van der Waals surface area contributed by atoms with Crippen molar-refractivity contribution in [1.29, 1.82) is 0 Å². The van der Waals surface area contributed by atoms with Gasteiger partial charge in [-0.15, -0.1) is 0 Å². The summed E-state index contributed by atoms with van der Waals surface area (Å²) in [5.74, 6) is 0.724. The molecule has 2 N–H and O–H groups in total. The minimum absolute atomic E-state index is 0.0737. The summed E-state index contributed by atoms with van der Waals surface area (Å²) in [4.78, 5) is 0. The van der Waals surface area contributed by atoms with Gasteiger partial charge in [-0.3, -0.25) is 4.21 Å². The molecule has 0 aromatic rings. The molecule has 1 fully saturated rings. The zero-order valence-electron chi connectivity index (χ0n) is 10.7. The maximum absolute atomic E-state index is 12.1. The smallest absolute Gasteiger partial charge is 0.0504 e. The van der Waals surface area contributed by atoms with Crippen LogP contribution in [0.3, 0.4) is 0 Å². The van der Waals surface area contributed by atoms with Crippen LogP contribution in [-0.4, -0.2) is 35.0 Å². The number of rotatable bonds is 5. The van der Waals surface area contributed by atoms with E-state index in [1.807, 2.05) is 0 Å². The van der Waals surface area contributed by atoms with Crippen molar-refractivity contribution in [2.75, 3.05) is 19.5 Å². The lowest BCUT2D eigenvalue weighted by atomic mass is 9.73. The molecular weight excluding hydrogens is 222 g/mol. The number of methoxy groups -OCH3 is 1. The van der Waals surface area contributed by atoms with Crippen LogP contribution < -0.4 is 5.73 Å². The highest BCUT2D eigenvalue weighted by atomic mass is 32.2. The second kappa shape index (κ2) is 6.12. The lowest BCUT2D eigenvalue weighted by Gasteiger charge is -2.41. The monoisotopic (exact) mass is 247 g/mol. The fourth-order valence-electron chi connectivity index (χ4n) is 2.40. The lowest BCUT2D eigenvalue weighted by molar-refractivity contribution is 0.198. The molecule has 3 unspecified atom stereocenters. The maximum atomic E-state index is 12.1. The topological polar surface area (TPSA) is 52.3 Å². The summed E-state index contributed by atoms with van der Waals surface area (Å²) < 4.78 is 17.1. The van der Waals surface area contributed by atoms with E-state index >= 15 is 0 Å². The van der Waals surface area contributed by atoms with Crippen LogP contribution >= 0.6 is 0 Å². The molecule has 1 aliphatic carbocycles. The molecule has 0 heterocycles. The van der Waals surface area contributed by atoms with Crippen molar-refractivity contribution < 1.29 is 8.95 Å². The zero-order chi connectivity index (χ0) is 12.2. The van der Waals surface area contributed by atoms with Crippen LogP contribution in [0.4, 0.5) is 0 Å². The number of hydrogen-bond donors (Lipinski definition) is 1. The van der Waals surface area contributed by atoms with Crippen molar-refractivity contribution in [1.82, 2.24) is 0 Å². The Bertz CT molecular complexity index is 243. The van der Waals surface area contributed by atoms with Gasteiger partial charge in [-0.2, -0.15) is 0 Å². The summed E-state index contributed by atoms with van der Waals surface area (Å²) in [5, 5.41) is 0.181. The van der Waals surface area contributed by atoms with Crippen LogP contribution in [-0.2, 0) is 15.5 Å². The average molecular weight is 247 g/mol. The van der Waals surface area contributed by atoms with Crippen LogP contribution in [0.2, 0.25) is 0 Å². The van der Waals surface area contributed by atoms with Gasteiger partial charge in [0, 0.05) is 36.3 Å². The highest BCUT2D eigenvalue weighted by Gasteiger charge is 2.38. The highest BCUT2D eigenvalue weighted by molar-refractivity contribution is 7.85. The van der Waals surface area contributed by atoms with E-state index in [4.69, 9.17) is 10.5 Å². The van der Waals surface area contributed by atoms with Gasteiger partial charge in [0.1, 0.15) is 0 Å². The molecule has 0 spiro atoms. The van der Waals surface area contributed by atoms with Crippen molar-refractivity contribution >= 4 is 10.8 Å². The van der Waals surface area contributed by atoms with Crippen molar-refractivity contribution in [2.24, 2.45) is 11.1 Å². The second-order valence-corrected chi connectivity index (χ2v) is 7.15. The molecule has 3 atom stereocenters. The first-order chi connectivity index (χ1) is 7.49. The predicted molar refractivity (Wildman–Crippen MR) is 68.9 cm³/mol. The molecule has 0 aliphatic heterocycles. The van der Waals surface area contributed by atoms with Gasteiger partial charge < -0.3 is 10.5 Å². The minimum Gasteiger partial charge on any atom is -0.385 e. The Balaban J connectivity index is 2.48. The van der Waals surface area contributed by atoms with E-state index in [-0.39, 0.29) is 16.7 Å². The van der Waals surface area contributed by atoms with E-state index in [0.717, 1.165) is 31.4 Å². The van der Waals surface area contributed by atoms with Gasteiger partial charge >= 0.3 is 0 Å². The molecule has 1 aliphatic rings. The van der Waals surface area contributed by atoms with E-state index in [0.29, 0.717) is 6.61 Å². The van der Waals surface area contributed by atoms with Crippen molar-refractivity contribution in [2.45, 2.75) is 50.8 Å². The van der Waals surface area contributed by atoms with Gasteiger partial charge in [0.15, 0.2) is 0 Å². The number of ether oxygens (including phenoxy) is 1. The van der Waals surface area contributed by atoms with Gasteiger partial charge in [0.05, 0.1) is 5.25 Å². The quantitative estimate of drug-likeness (QED) is 0.752. The molecule has 0 bridgehead atoms. The van der Waals surface area contributed by atoms with Crippen molar-refractivity contribution in [3.8, 4) is 0 Å². The Morgan fingerprint density at radius 1 is 1.50 bits per heavy atom. The fourth-order valence-corrected chi connectivity index (χ4v) is 4.23. The summed E-state index contributed by atoms with van der Waals surface area (Å²) in [6, 6.07) is 0.0737. The third kappa shape index (κ3) is 3.54. The Labute approximate surface area is 102 Å². The molecule has 0 aromatic heterocycles. The molecular formula is C12H25NO2S. The standard InChI is InChI=1S/C12H25NO2S/c1-12(2)7-4-6-10(11(12)13)16(14)9-5-8-15-3/h10-11H,4-9,13H2,1-3H3. The Kier molecular flexibility index (Phi) is 5.41. The van der Waals surface area contributed by atoms with Crippen molar-refractivity contribution in [3.63, 3.8) is 0 Å². The van der Waals surface area contributed by atoms with Crippen LogP contribution in [0, 0.1) is 5.41 Å². The Morgan fingerprint density at radius 2 is 2.19 bits per heavy atom. The minimum atomic E-state index is -0.790. The first-order valence-electron chi connectivity index (χ1n) is 6.11. The molecule has 0 aromatic carbocycles. The number of nitrogens with two attached hydrogens (primary N) is 1. The first kappa shape index (κ1) is 14.1. The van der Waals surface area contributed by atoms with Crippen LogP contribution in [0.25, 0.3) is 0 Å². The van der Waals surface area contributed by atoms with Gasteiger partial charge in [0.2, 0.25) is 0 Å². The van der Waals surface area contributed by atoms with Gasteiger partial charge in [-0.25, -0.2) is 0 Å². The predicted octanol–water partition coefficient (Wildman–Crippen LogP) is 1.68. The van der Waals surface area contributed by atoms with Gasteiger partial charge in [-0.05, 0) is 24.7 Å². The lowest BCUT2D eigenvalue weighted by Crippen LogP contribution is -2.51. The third-order valence-corrected chi connectivity index (χ3v) is 5.54. The van der Waals surface area contributed by atoms with Crippen LogP contribution in [0.5, 0.6) is 0 Å². The molecule has 0 radical (unpaired) electrons. The van der Waals surface area contributed by atoms with Crippen LogP contribution in [0.15, 0.2) is 0 Å². The molecule has 3 nitrogen and oxygen atoms in total. The molecule has 4 heteroatoms. The van der Waals surface area contributed by atoms with E-state index in [1.54, 1.807) is 7.11 Å². The van der Waals surface area contributed by atoms with Gasteiger partial charge in [0.25, 0.3) is 0 Å². The summed E-state index contributed by atoms with van der Waals surface area (Å²) in [6.07, 6.45) is 4.19.